The van der Waals surface area contributed by atoms with Gasteiger partial charge in [0.2, 0.25) is 0 Å². The summed E-state index contributed by atoms with van der Waals surface area (Å²) in [7, 11) is 1.75. The Hall–Kier alpha value is -1.45. The Balaban J connectivity index is 0.00000392. The van der Waals surface area contributed by atoms with Crippen molar-refractivity contribution in [2.45, 2.75) is 18.4 Å². The lowest BCUT2D eigenvalue weighted by molar-refractivity contribution is 0.0956. The molecule has 5 nitrogen and oxygen atoms in total. The van der Waals surface area contributed by atoms with Crippen LogP contribution in [0.15, 0.2) is 58.4 Å². The minimum Gasteiger partial charge on any atom is -0.356 e. The van der Waals surface area contributed by atoms with E-state index in [2.05, 4.69) is 20.9 Å². The highest BCUT2D eigenvalue weighted by atomic mass is 127. The largest absolute Gasteiger partial charge is 0.356 e. The maximum atomic E-state index is 11.8. The van der Waals surface area contributed by atoms with Gasteiger partial charge in [-0.2, -0.15) is 0 Å². The number of nitrogens with zero attached hydrogens (tertiary/aromatic N) is 1. The second-order valence-corrected chi connectivity index (χ2v) is 7.32. The third kappa shape index (κ3) is 8.70. The van der Waals surface area contributed by atoms with Crippen LogP contribution in [0.25, 0.3) is 0 Å². The summed E-state index contributed by atoms with van der Waals surface area (Å²) in [6, 6.07) is 15.4. The molecule has 8 heteroatoms. The van der Waals surface area contributed by atoms with Gasteiger partial charge < -0.3 is 16.0 Å². The number of aliphatic imine (C=N–C) groups is 1. The number of nitrogens with one attached hydrogen (secondary N) is 3. The maximum absolute atomic E-state index is 11.8. The monoisotopic (exact) mass is 532 g/mol. The molecule has 0 saturated carbocycles. The van der Waals surface area contributed by atoms with E-state index >= 15 is 0 Å². The number of carbonyl (C=O) groups is 1. The summed E-state index contributed by atoms with van der Waals surface area (Å²) in [6.45, 7) is 3.96. The molecule has 1 amide bonds. The summed E-state index contributed by atoms with van der Waals surface area (Å²) < 4.78 is 0. The quantitative estimate of drug-likeness (QED) is 0.157. The van der Waals surface area contributed by atoms with E-state index in [-0.39, 0.29) is 29.9 Å². The standard InChI is InChI=1S/C20H25ClN4OS.HI/c1-3-23-19(26)16-6-4-15(5-7-16)14-25-20(22-2)24-12-13-27-18-10-8-17(21)9-11-18;/h4-11H,3,12-14H2,1-2H3,(H,23,26)(H2,22,24,25);1H. The van der Waals surface area contributed by atoms with Crippen molar-refractivity contribution >= 4 is 59.2 Å². The summed E-state index contributed by atoms with van der Waals surface area (Å²) in [4.78, 5) is 17.2. The lowest BCUT2D eigenvalue weighted by Crippen LogP contribution is -2.37. The van der Waals surface area contributed by atoms with Crippen LogP contribution in [0.3, 0.4) is 0 Å². The smallest absolute Gasteiger partial charge is 0.251 e. The molecular weight excluding hydrogens is 507 g/mol. The first-order chi connectivity index (χ1) is 13.1. The van der Waals surface area contributed by atoms with Crippen LogP contribution in [0.5, 0.6) is 0 Å². The van der Waals surface area contributed by atoms with E-state index in [1.54, 1.807) is 18.8 Å². The summed E-state index contributed by atoms with van der Waals surface area (Å²) in [5.74, 6) is 1.62. The van der Waals surface area contributed by atoms with Gasteiger partial charge in [0, 0.05) is 47.9 Å². The lowest BCUT2D eigenvalue weighted by atomic mass is 10.1. The Morgan fingerprint density at radius 1 is 1.04 bits per heavy atom. The number of rotatable bonds is 8. The van der Waals surface area contributed by atoms with Crippen LogP contribution in [0, 0.1) is 0 Å². The molecule has 3 N–H and O–H groups in total. The molecule has 28 heavy (non-hydrogen) atoms. The first kappa shape index (κ1) is 24.6. The number of thioether (sulfide) groups is 1. The molecule has 0 saturated heterocycles. The average molecular weight is 533 g/mol. The highest BCUT2D eigenvalue weighted by Gasteiger charge is 2.04. The average Bonchev–Trinajstić information content (AvgIpc) is 2.69. The molecule has 0 heterocycles. The van der Waals surface area contributed by atoms with Crippen LogP contribution < -0.4 is 16.0 Å². The first-order valence-corrected chi connectivity index (χ1v) is 10.2. The molecule has 0 aliphatic carbocycles. The van der Waals surface area contributed by atoms with Gasteiger partial charge in [0.05, 0.1) is 0 Å². The summed E-state index contributed by atoms with van der Waals surface area (Å²) in [5, 5.41) is 10.1. The lowest BCUT2D eigenvalue weighted by Gasteiger charge is -2.12. The van der Waals surface area contributed by atoms with Crippen molar-refractivity contribution in [1.82, 2.24) is 16.0 Å². The van der Waals surface area contributed by atoms with Crippen molar-refractivity contribution in [2.75, 3.05) is 25.9 Å². The molecule has 152 valence electrons. The zero-order valence-corrected chi connectivity index (χ0v) is 19.9. The van der Waals surface area contributed by atoms with Crippen LogP contribution in [0.1, 0.15) is 22.8 Å². The van der Waals surface area contributed by atoms with Gasteiger partial charge in [-0.1, -0.05) is 23.7 Å². The van der Waals surface area contributed by atoms with E-state index in [1.807, 2.05) is 55.5 Å². The second kappa shape index (κ2) is 13.7. The predicted octanol–water partition coefficient (Wildman–Crippen LogP) is 4.17. The maximum Gasteiger partial charge on any atom is 0.251 e. The molecule has 0 atom stereocenters. The zero-order chi connectivity index (χ0) is 19.5. The molecule has 0 aliphatic heterocycles. The zero-order valence-electron chi connectivity index (χ0n) is 16.0. The van der Waals surface area contributed by atoms with Crippen molar-refractivity contribution in [2.24, 2.45) is 4.99 Å². The van der Waals surface area contributed by atoms with E-state index in [9.17, 15) is 4.79 Å². The van der Waals surface area contributed by atoms with E-state index in [0.29, 0.717) is 18.7 Å². The molecular formula is C20H26ClIN4OS. The predicted molar refractivity (Wildman–Crippen MR) is 130 cm³/mol. The molecule has 0 fully saturated rings. The summed E-state index contributed by atoms with van der Waals surface area (Å²) >= 11 is 7.65. The Bertz CT molecular complexity index is 754. The van der Waals surface area contributed by atoms with Crippen molar-refractivity contribution in [3.63, 3.8) is 0 Å². The van der Waals surface area contributed by atoms with Gasteiger partial charge in [-0.3, -0.25) is 9.79 Å². The molecule has 0 aromatic heterocycles. The minimum atomic E-state index is -0.0485. The van der Waals surface area contributed by atoms with Crippen molar-refractivity contribution in [3.05, 3.63) is 64.7 Å². The Kier molecular flexibility index (Phi) is 12.0. The Morgan fingerprint density at radius 2 is 1.71 bits per heavy atom. The number of amides is 1. The van der Waals surface area contributed by atoms with E-state index in [1.165, 1.54) is 4.90 Å². The molecule has 0 radical (unpaired) electrons. The van der Waals surface area contributed by atoms with E-state index in [0.717, 1.165) is 28.8 Å². The van der Waals surface area contributed by atoms with Crippen LogP contribution in [-0.4, -0.2) is 37.8 Å². The van der Waals surface area contributed by atoms with Crippen molar-refractivity contribution < 1.29 is 4.79 Å². The fourth-order valence-corrected chi connectivity index (χ4v) is 3.21. The fourth-order valence-electron chi connectivity index (χ4n) is 2.31. The normalized spacial score (nSPS) is 10.8. The van der Waals surface area contributed by atoms with Crippen molar-refractivity contribution in [1.29, 1.82) is 0 Å². The summed E-state index contributed by atoms with van der Waals surface area (Å²) in [6.07, 6.45) is 0. The molecule has 0 spiro atoms. The number of halogens is 2. The van der Waals surface area contributed by atoms with E-state index < -0.39 is 0 Å². The van der Waals surface area contributed by atoms with Gasteiger partial charge in [0.1, 0.15) is 0 Å². The number of guanidine groups is 1. The van der Waals surface area contributed by atoms with Crippen LogP contribution in [-0.2, 0) is 6.54 Å². The second-order valence-electron chi connectivity index (χ2n) is 5.71. The number of hydrogen-bond donors (Lipinski definition) is 3. The van der Waals surface area contributed by atoms with Gasteiger partial charge >= 0.3 is 0 Å². The number of benzene rings is 2. The SMILES string of the molecule is CCNC(=O)c1ccc(CNC(=NC)NCCSc2ccc(Cl)cc2)cc1.I. The van der Waals surface area contributed by atoms with Gasteiger partial charge in [0.15, 0.2) is 5.96 Å². The summed E-state index contributed by atoms with van der Waals surface area (Å²) in [5.41, 5.74) is 1.75. The topological polar surface area (TPSA) is 65.5 Å². The Labute approximate surface area is 193 Å². The highest BCUT2D eigenvalue weighted by Crippen LogP contribution is 2.19. The number of carbonyl (C=O) groups excluding carboxylic acids is 1. The molecule has 2 aromatic rings. The van der Waals surface area contributed by atoms with Crippen molar-refractivity contribution in [3.8, 4) is 0 Å². The van der Waals surface area contributed by atoms with Crippen LogP contribution in [0.2, 0.25) is 5.02 Å². The first-order valence-electron chi connectivity index (χ1n) is 8.82. The fraction of sp³-hybridized carbons (Fsp3) is 0.300. The molecule has 0 aliphatic rings. The Morgan fingerprint density at radius 3 is 2.32 bits per heavy atom. The third-order valence-electron chi connectivity index (χ3n) is 3.71. The van der Waals surface area contributed by atoms with Gasteiger partial charge in [-0.25, -0.2) is 0 Å². The van der Waals surface area contributed by atoms with Gasteiger partial charge in [0.25, 0.3) is 5.91 Å². The third-order valence-corrected chi connectivity index (χ3v) is 4.98. The molecule has 0 bridgehead atoms. The number of hydrogen-bond acceptors (Lipinski definition) is 3. The highest BCUT2D eigenvalue weighted by molar-refractivity contribution is 14.0. The van der Waals surface area contributed by atoms with Gasteiger partial charge in [-0.15, -0.1) is 35.7 Å². The molecule has 0 unspecified atom stereocenters. The minimum absolute atomic E-state index is 0. The van der Waals surface area contributed by atoms with Crippen LogP contribution >= 0.6 is 47.3 Å². The van der Waals surface area contributed by atoms with Crippen LogP contribution in [0.4, 0.5) is 0 Å². The van der Waals surface area contributed by atoms with Gasteiger partial charge in [-0.05, 0) is 48.9 Å². The molecule has 2 aromatic carbocycles. The van der Waals surface area contributed by atoms with E-state index in [4.69, 9.17) is 11.6 Å². The molecule has 2 rings (SSSR count).